The molecular formula is C12H13F3N2. The molecule has 2 nitrogen and oxygen atoms in total. The van der Waals surface area contributed by atoms with Crippen molar-refractivity contribution in [3.8, 4) is 0 Å². The standard InChI is InChI=1S/C12H13F3N2/c1-11(2,3)8-6-9(12(13,14)15)10-16-4-5-17(10)7-8/h4-7H,1-3H3. The number of aromatic nitrogens is 2. The van der Waals surface area contributed by atoms with Gasteiger partial charge in [0.2, 0.25) is 0 Å². The Bertz CT molecular complexity index is 547. The molecule has 0 spiro atoms. The molecule has 0 aliphatic carbocycles. The number of pyridine rings is 1. The molecule has 5 heteroatoms. The van der Waals surface area contributed by atoms with Gasteiger partial charge in [-0.2, -0.15) is 13.2 Å². The summed E-state index contributed by atoms with van der Waals surface area (Å²) in [5.74, 6) is 0. The van der Waals surface area contributed by atoms with Gasteiger partial charge in [0.05, 0.1) is 5.56 Å². The third-order valence-electron chi connectivity index (χ3n) is 2.66. The van der Waals surface area contributed by atoms with E-state index in [1.54, 1.807) is 6.20 Å². The Morgan fingerprint density at radius 1 is 1.18 bits per heavy atom. The van der Waals surface area contributed by atoms with Crippen LogP contribution in [0, 0.1) is 0 Å². The second-order valence-electron chi connectivity index (χ2n) is 5.05. The van der Waals surface area contributed by atoms with Crippen LogP contribution >= 0.6 is 0 Å². The van der Waals surface area contributed by atoms with Crippen molar-refractivity contribution in [1.82, 2.24) is 9.38 Å². The monoisotopic (exact) mass is 242 g/mol. The van der Waals surface area contributed by atoms with Crippen LogP contribution in [0.4, 0.5) is 13.2 Å². The molecule has 0 fully saturated rings. The lowest BCUT2D eigenvalue weighted by molar-refractivity contribution is -0.136. The minimum Gasteiger partial charge on any atom is -0.306 e. The van der Waals surface area contributed by atoms with Crippen LogP contribution in [0.25, 0.3) is 5.65 Å². The van der Waals surface area contributed by atoms with Crippen molar-refractivity contribution in [2.45, 2.75) is 32.4 Å². The number of fused-ring (bicyclic) bond motifs is 1. The van der Waals surface area contributed by atoms with Crippen LogP contribution in [-0.2, 0) is 11.6 Å². The molecule has 0 bridgehead atoms. The molecule has 0 aliphatic rings. The zero-order valence-corrected chi connectivity index (χ0v) is 9.84. The minimum atomic E-state index is -4.38. The SMILES string of the molecule is CC(C)(C)c1cc(C(F)(F)F)c2nccn2c1. The Morgan fingerprint density at radius 3 is 2.35 bits per heavy atom. The summed E-state index contributed by atoms with van der Waals surface area (Å²) in [7, 11) is 0. The van der Waals surface area contributed by atoms with E-state index in [-0.39, 0.29) is 11.1 Å². The molecule has 0 atom stereocenters. The quantitative estimate of drug-likeness (QED) is 0.689. The zero-order valence-electron chi connectivity index (χ0n) is 9.84. The third kappa shape index (κ3) is 2.14. The normalized spacial score (nSPS) is 13.3. The first kappa shape index (κ1) is 12.0. The average molecular weight is 242 g/mol. The van der Waals surface area contributed by atoms with Gasteiger partial charge in [0, 0.05) is 18.6 Å². The van der Waals surface area contributed by atoms with Gasteiger partial charge in [0.15, 0.2) is 0 Å². The molecule has 0 N–H and O–H groups in total. The summed E-state index contributed by atoms with van der Waals surface area (Å²) in [4.78, 5) is 3.75. The van der Waals surface area contributed by atoms with Gasteiger partial charge >= 0.3 is 6.18 Å². The van der Waals surface area contributed by atoms with Crippen molar-refractivity contribution in [3.63, 3.8) is 0 Å². The van der Waals surface area contributed by atoms with Crippen LogP contribution in [0.5, 0.6) is 0 Å². The van der Waals surface area contributed by atoms with Crippen molar-refractivity contribution < 1.29 is 13.2 Å². The summed E-state index contributed by atoms with van der Waals surface area (Å²) < 4.78 is 40.2. The number of nitrogens with zero attached hydrogens (tertiary/aromatic N) is 2. The Balaban J connectivity index is 2.76. The molecule has 2 heterocycles. The highest BCUT2D eigenvalue weighted by Gasteiger charge is 2.35. The highest BCUT2D eigenvalue weighted by Crippen LogP contribution is 2.35. The zero-order chi connectivity index (χ0) is 12.8. The molecular weight excluding hydrogens is 229 g/mol. The van der Waals surface area contributed by atoms with E-state index in [9.17, 15) is 13.2 Å². The van der Waals surface area contributed by atoms with Crippen molar-refractivity contribution >= 4 is 5.65 Å². The van der Waals surface area contributed by atoms with E-state index in [2.05, 4.69) is 4.98 Å². The van der Waals surface area contributed by atoms with Gasteiger partial charge in [0.1, 0.15) is 5.65 Å². The number of halogens is 3. The van der Waals surface area contributed by atoms with Crippen molar-refractivity contribution in [2.75, 3.05) is 0 Å². The lowest BCUT2D eigenvalue weighted by Crippen LogP contribution is -2.16. The summed E-state index contributed by atoms with van der Waals surface area (Å²) in [6.07, 6.45) is 0.211. The van der Waals surface area contributed by atoms with E-state index in [4.69, 9.17) is 0 Å². The van der Waals surface area contributed by atoms with E-state index in [0.717, 1.165) is 0 Å². The predicted molar refractivity (Wildman–Crippen MR) is 58.9 cm³/mol. The van der Waals surface area contributed by atoms with Crippen molar-refractivity contribution in [1.29, 1.82) is 0 Å². The summed E-state index contributed by atoms with van der Waals surface area (Å²) >= 11 is 0. The molecule has 92 valence electrons. The molecule has 0 radical (unpaired) electrons. The summed E-state index contributed by atoms with van der Waals surface area (Å²) in [6.45, 7) is 5.64. The Morgan fingerprint density at radius 2 is 1.82 bits per heavy atom. The van der Waals surface area contributed by atoms with E-state index in [1.807, 2.05) is 20.8 Å². The van der Waals surface area contributed by atoms with Gasteiger partial charge in [-0.3, -0.25) is 0 Å². The Labute approximate surface area is 97.1 Å². The second-order valence-corrected chi connectivity index (χ2v) is 5.05. The number of imidazole rings is 1. The van der Waals surface area contributed by atoms with Gasteiger partial charge in [-0.15, -0.1) is 0 Å². The van der Waals surface area contributed by atoms with Gasteiger partial charge in [0.25, 0.3) is 0 Å². The maximum atomic E-state index is 12.9. The largest absolute Gasteiger partial charge is 0.419 e. The third-order valence-corrected chi connectivity index (χ3v) is 2.66. The van der Waals surface area contributed by atoms with Crippen molar-refractivity contribution in [2.24, 2.45) is 0 Å². The molecule has 0 aliphatic heterocycles. The molecule has 0 saturated heterocycles. The lowest BCUT2D eigenvalue weighted by Gasteiger charge is -2.21. The van der Waals surface area contributed by atoms with Crippen LogP contribution in [0.15, 0.2) is 24.7 Å². The first-order chi connectivity index (χ1) is 7.69. The highest BCUT2D eigenvalue weighted by molar-refractivity contribution is 5.51. The number of rotatable bonds is 0. The molecule has 2 rings (SSSR count). The van der Waals surface area contributed by atoms with Crippen LogP contribution in [0.1, 0.15) is 31.9 Å². The van der Waals surface area contributed by atoms with E-state index in [1.165, 1.54) is 22.9 Å². The fourth-order valence-electron chi connectivity index (χ4n) is 1.65. The highest BCUT2D eigenvalue weighted by atomic mass is 19.4. The molecule has 0 unspecified atom stereocenters. The first-order valence-electron chi connectivity index (χ1n) is 5.24. The minimum absolute atomic E-state index is 0.0505. The van der Waals surface area contributed by atoms with Crippen LogP contribution in [-0.4, -0.2) is 9.38 Å². The lowest BCUT2D eigenvalue weighted by atomic mass is 9.87. The number of hydrogen-bond donors (Lipinski definition) is 0. The molecule has 17 heavy (non-hydrogen) atoms. The fourth-order valence-corrected chi connectivity index (χ4v) is 1.65. The van der Waals surface area contributed by atoms with Gasteiger partial charge in [-0.1, -0.05) is 20.8 Å². The smallest absolute Gasteiger partial charge is 0.306 e. The van der Waals surface area contributed by atoms with Gasteiger partial charge < -0.3 is 4.40 Å². The van der Waals surface area contributed by atoms with Crippen LogP contribution in [0.3, 0.4) is 0 Å². The summed E-state index contributed by atoms with van der Waals surface area (Å²) in [5.41, 5.74) is -0.436. The van der Waals surface area contributed by atoms with E-state index < -0.39 is 11.7 Å². The molecule has 2 aromatic rings. The first-order valence-corrected chi connectivity index (χ1v) is 5.24. The molecule has 0 aromatic carbocycles. The maximum Gasteiger partial charge on any atom is 0.419 e. The fraction of sp³-hybridized carbons (Fsp3) is 0.417. The molecule has 2 aromatic heterocycles. The number of hydrogen-bond acceptors (Lipinski definition) is 1. The summed E-state index contributed by atoms with van der Waals surface area (Å²) in [5, 5.41) is 0. The van der Waals surface area contributed by atoms with E-state index in [0.29, 0.717) is 5.56 Å². The van der Waals surface area contributed by atoms with Gasteiger partial charge in [-0.25, -0.2) is 4.98 Å². The number of alkyl halides is 3. The van der Waals surface area contributed by atoms with Gasteiger partial charge in [-0.05, 0) is 17.0 Å². The Hall–Kier alpha value is -1.52. The predicted octanol–water partition coefficient (Wildman–Crippen LogP) is 3.65. The molecule has 0 saturated carbocycles. The van der Waals surface area contributed by atoms with E-state index >= 15 is 0 Å². The van der Waals surface area contributed by atoms with Crippen molar-refractivity contribution in [3.05, 3.63) is 35.8 Å². The van der Waals surface area contributed by atoms with Crippen LogP contribution < -0.4 is 0 Å². The second kappa shape index (κ2) is 3.48. The molecule has 0 amide bonds. The Kier molecular flexibility index (Phi) is 2.45. The van der Waals surface area contributed by atoms with Crippen LogP contribution in [0.2, 0.25) is 0 Å². The topological polar surface area (TPSA) is 17.3 Å². The average Bonchev–Trinajstić information content (AvgIpc) is 2.59. The summed E-state index contributed by atoms with van der Waals surface area (Å²) in [6, 6.07) is 1.18. The maximum absolute atomic E-state index is 12.9.